The number of thioether (sulfide) groups is 1. The highest BCUT2D eigenvalue weighted by molar-refractivity contribution is 7.99. The van der Waals surface area contributed by atoms with E-state index in [1.54, 1.807) is 10.9 Å². The number of rotatable bonds is 5. The molecule has 1 aromatic carbocycles. The molecule has 2 aliphatic rings. The molecular weight excluding hydrogens is 396 g/mol. The highest BCUT2D eigenvalue weighted by Gasteiger charge is 2.31. The van der Waals surface area contributed by atoms with Gasteiger partial charge in [-0.3, -0.25) is 9.59 Å². The fourth-order valence-electron chi connectivity index (χ4n) is 4.76. The lowest BCUT2D eigenvalue weighted by atomic mass is 9.89. The SMILES string of the molecule is CCn1ncc(C(=O)c2cc(C)c3c(c2C)C(C)CS3)c1OC(=O)C1CCCCC1. The van der Waals surface area contributed by atoms with E-state index in [0.717, 1.165) is 42.6 Å². The Bertz CT molecular complexity index is 989. The van der Waals surface area contributed by atoms with Crippen LogP contribution in [0.4, 0.5) is 0 Å². The molecule has 1 saturated carbocycles. The Balaban J connectivity index is 1.69. The first-order chi connectivity index (χ1) is 14.4. The van der Waals surface area contributed by atoms with Crippen molar-refractivity contribution in [3.63, 3.8) is 0 Å². The molecule has 5 nitrogen and oxygen atoms in total. The van der Waals surface area contributed by atoms with Gasteiger partial charge >= 0.3 is 5.97 Å². The molecule has 4 rings (SSSR count). The van der Waals surface area contributed by atoms with E-state index < -0.39 is 0 Å². The maximum Gasteiger partial charge on any atom is 0.315 e. The smallest absolute Gasteiger partial charge is 0.315 e. The van der Waals surface area contributed by atoms with Crippen molar-refractivity contribution in [3.05, 3.63) is 40.1 Å². The minimum absolute atomic E-state index is 0.0799. The molecule has 0 amide bonds. The molecule has 6 heteroatoms. The molecule has 1 aliphatic carbocycles. The second-order valence-corrected chi connectivity index (χ2v) is 9.62. The topological polar surface area (TPSA) is 61.2 Å². The highest BCUT2D eigenvalue weighted by atomic mass is 32.2. The summed E-state index contributed by atoms with van der Waals surface area (Å²) < 4.78 is 7.42. The summed E-state index contributed by atoms with van der Waals surface area (Å²) in [5, 5.41) is 4.33. The molecule has 0 radical (unpaired) electrons. The minimum Gasteiger partial charge on any atom is -0.407 e. The number of carbonyl (C=O) groups is 2. The van der Waals surface area contributed by atoms with Gasteiger partial charge in [-0.2, -0.15) is 5.10 Å². The maximum absolute atomic E-state index is 13.6. The van der Waals surface area contributed by atoms with Crippen LogP contribution < -0.4 is 4.74 Å². The molecule has 1 aromatic heterocycles. The van der Waals surface area contributed by atoms with Crippen molar-refractivity contribution >= 4 is 23.5 Å². The van der Waals surface area contributed by atoms with Crippen LogP contribution >= 0.6 is 11.8 Å². The molecule has 0 spiro atoms. The Kier molecular flexibility index (Phi) is 6.05. The van der Waals surface area contributed by atoms with E-state index in [0.29, 0.717) is 23.6 Å². The van der Waals surface area contributed by atoms with Crippen LogP contribution in [0.15, 0.2) is 17.2 Å². The summed E-state index contributed by atoms with van der Waals surface area (Å²) in [6.45, 7) is 8.79. The van der Waals surface area contributed by atoms with Gasteiger partial charge in [0.05, 0.1) is 12.1 Å². The molecular formula is C24H30N2O3S. The van der Waals surface area contributed by atoms with E-state index in [1.807, 2.05) is 31.7 Å². The molecule has 160 valence electrons. The number of carbonyl (C=O) groups excluding carboxylic acids is 2. The third kappa shape index (κ3) is 3.70. The van der Waals surface area contributed by atoms with E-state index >= 15 is 0 Å². The van der Waals surface area contributed by atoms with E-state index in [-0.39, 0.29) is 23.6 Å². The molecule has 2 heterocycles. The Morgan fingerprint density at radius 2 is 1.93 bits per heavy atom. The lowest BCUT2D eigenvalue weighted by molar-refractivity contribution is -0.140. The van der Waals surface area contributed by atoms with Crippen LogP contribution in [0.2, 0.25) is 0 Å². The van der Waals surface area contributed by atoms with Crippen molar-refractivity contribution < 1.29 is 14.3 Å². The van der Waals surface area contributed by atoms with Crippen LogP contribution in [0, 0.1) is 19.8 Å². The monoisotopic (exact) mass is 426 g/mol. The van der Waals surface area contributed by atoms with Crippen LogP contribution in [-0.2, 0) is 11.3 Å². The number of ketones is 1. The number of hydrogen-bond acceptors (Lipinski definition) is 5. The van der Waals surface area contributed by atoms with Gasteiger partial charge in [-0.1, -0.05) is 26.2 Å². The Morgan fingerprint density at radius 3 is 2.63 bits per heavy atom. The van der Waals surface area contributed by atoms with Gasteiger partial charge in [-0.25, -0.2) is 4.68 Å². The second kappa shape index (κ2) is 8.58. The molecule has 1 fully saturated rings. The summed E-state index contributed by atoms with van der Waals surface area (Å²) in [4.78, 5) is 27.7. The van der Waals surface area contributed by atoms with Gasteiger partial charge in [0.2, 0.25) is 5.88 Å². The number of fused-ring (bicyclic) bond motifs is 1. The largest absolute Gasteiger partial charge is 0.407 e. The zero-order chi connectivity index (χ0) is 21.4. The molecule has 30 heavy (non-hydrogen) atoms. The highest BCUT2D eigenvalue weighted by Crippen LogP contribution is 2.44. The Morgan fingerprint density at radius 1 is 1.20 bits per heavy atom. The minimum atomic E-state index is -0.231. The first-order valence-electron chi connectivity index (χ1n) is 11.0. The zero-order valence-corrected chi connectivity index (χ0v) is 19.1. The lowest BCUT2D eigenvalue weighted by Crippen LogP contribution is -2.24. The number of nitrogens with zero attached hydrogens (tertiary/aromatic N) is 2. The van der Waals surface area contributed by atoms with Gasteiger partial charge in [-0.05, 0) is 62.3 Å². The molecule has 1 aliphatic heterocycles. The van der Waals surface area contributed by atoms with Crippen molar-refractivity contribution in [2.45, 2.75) is 77.2 Å². The molecule has 0 saturated heterocycles. The van der Waals surface area contributed by atoms with Crippen molar-refractivity contribution in [1.82, 2.24) is 9.78 Å². The van der Waals surface area contributed by atoms with Crippen LogP contribution in [-0.4, -0.2) is 27.3 Å². The molecule has 0 N–H and O–H groups in total. The normalized spacial score (nSPS) is 19.0. The average molecular weight is 427 g/mol. The lowest BCUT2D eigenvalue weighted by Gasteiger charge is -2.20. The molecule has 0 bridgehead atoms. The molecule has 1 unspecified atom stereocenters. The van der Waals surface area contributed by atoms with Crippen LogP contribution in [0.25, 0.3) is 0 Å². The van der Waals surface area contributed by atoms with Crippen molar-refractivity contribution in [2.24, 2.45) is 5.92 Å². The van der Waals surface area contributed by atoms with Crippen LogP contribution in [0.3, 0.4) is 0 Å². The predicted molar refractivity (Wildman–Crippen MR) is 119 cm³/mol. The summed E-state index contributed by atoms with van der Waals surface area (Å²) in [5.74, 6) is 1.34. The molecule has 1 atom stereocenters. The summed E-state index contributed by atoms with van der Waals surface area (Å²) in [5.41, 5.74) is 4.52. The van der Waals surface area contributed by atoms with Crippen molar-refractivity contribution in [2.75, 3.05) is 5.75 Å². The van der Waals surface area contributed by atoms with Gasteiger partial charge in [0.25, 0.3) is 0 Å². The maximum atomic E-state index is 13.6. The van der Waals surface area contributed by atoms with Gasteiger partial charge in [-0.15, -0.1) is 11.8 Å². The summed E-state index contributed by atoms with van der Waals surface area (Å²) >= 11 is 1.87. The van der Waals surface area contributed by atoms with E-state index in [2.05, 4.69) is 18.9 Å². The van der Waals surface area contributed by atoms with E-state index in [4.69, 9.17) is 4.74 Å². The number of aryl methyl sites for hydroxylation is 2. The van der Waals surface area contributed by atoms with Gasteiger partial charge < -0.3 is 4.74 Å². The fourth-order valence-corrected chi connectivity index (χ4v) is 6.14. The summed E-state index contributed by atoms with van der Waals surface area (Å²) in [7, 11) is 0. The Labute approximate surface area is 182 Å². The summed E-state index contributed by atoms with van der Waals surface area (Å²) in [6, 6.07) is 1.98. The zero-order valence-electron chi connectivity index (χ0n) is 18.3. The van der Waals surface area contributed by atoms with Crippen LogP contribution in [0.5, 0.6) is 5.88 Å². The van der Waals surface area contributed by atoms with Gasteiger partial charge in [0.15, 0.2) is 5.78 Å². The number of ether oxygens (including phenoxy) is 1. The first kappa shape index (κ1) is 21.2. The first-order valence-corrected chi connectivity index (χ1v) is 12.0. The standard InChI is InChI=1S/C24H30N2O3S/c1-5-26-23(29-24(28)17-9-7-6-8-10-17)19(12-25-26)21(27)18-11-14(2)22-20(16(18)4)15(3)13-30-22/h11-12,15,17H,5-10,13H2,1-4H3. The second-order valence-electron chi connectivity index (χ2n) is 8.59. The van der Waals surface area contributed by atoms with Crippen molar-refractivity contribution in [3.8, 4) is 5.88 Å². The third-order valence-corrected chi connectivity index (χ3v) is 7.95. The van der Waals surface area contributed by atoms with E-state index in [1.165, 1.54) is 16.9 Å². The third-order valence-electron chi connectivity index (χ3n) is 6.46. The Hall–Kier alpha value is -2.08. The number of aromatic nitrogens is 2. The molecule has 2 aromatic rings. The quantitative estimate of drug-likeness (QED) is 0.470. The average Bonchev–Trinajstić information content (AvgIpc) is 3.34. The summed E-state index contributed by atoms with van der Waals surface area (Å²) in [6.07, 6.45) is 6.57. The van der Waals surface area contributed by atoms with Crippen molar-refractivity contribution in [1.29, 1.82) is 0 Å². The number of esters is 1. The fraction of sp³-hybridized carbons (Fsp3) is 0.542. The van der Waals surface area contributed by atoms with Crippen LogP contribution in [0.1, 0.15) is 84.5 Å². The predicted octanol–water partition coefficient (Wildman–Crippen LogP) is 5.45. The van der Waals surface area contributed by atoms with Gasteiger partial charge in [0, 0.05) is 22.8 Å². The van der Waals surface area contributed by atoms with E-state index in [9.17, 15) is 9.59 Å². The number of benzene rings is 1. The van der Waals surface area contributed by atoms with Gasteiger partial charge in [0.1, 0.15) is 5.56 Å². The number of hydrogen-bond donors (Lipinski definition) is 0.